The van der Waals surface area contributed by atoms with E-state index >= 15 is 0 Å². The molecular formula is C16H35IN4. The summed E-state index contributed by atoms with van der Waals surface area (Å²) in [4.78, 5) is 7.22. The van der Waals surface area contributed by atoms with E-state index in [0.29, 0.717) is 5.92 Å². The van der Waals surface area contributed by atoms with Crippen molar-refractivity contribution in [1.82, 2.24) is 15.5 Å². The van der Waals surface area contributed by atoms with Gasteiger partial charge in [-0.05, 0) is 45.6 Å². The minimum absolute atomic E-state index is 0. The molecule has 21 heavy (non-hydrogen) atoms. The summed E-state index contributed by atoms with van der Waals surface area (Å²) in [6, 6.07) is 0.770. The monoisotopic (exact) mass is 410 g/mol. The summed E-state index contributed by atoms with van der Waals surface area (Å²) in [5.41, 5.74) is 0. The van der Waals surface area contributed by atoms with E-state index in [1.54, 1.807) is 0 Å². The first-order valence-electron chi connectivity index (χ1n) is 8.39. The number of piperidine rings is 1. The first-order chi connectivity index (χ1) is 9.63. The number of hydrogen-bond donors (Lipinski definition) is 2. The second kappa shape index (κ2) is 12.5. The molecule has 1 heterocycles. The number of halogens is 1. The first kappa shape index (κ1) is 21.0. The molecule has 0 bridgehead atoms. The number of rotatable bonds is 7. The minimum atomic E-state index is 0. The molecule has 0 amide bonds. The molecule has 0 radical (unpaired) electrons. The predicted molar refractivity (Wildman–Crippen MR) is 104 cm³/mol. The Hall–Kier alpha value is -0.0400. The van der Waals surface area contributed by atoms with Crippen molar-refractivity contribution in [1.29, 1.82) is 0 Å². The Morgan fingerprint density at radius 1 is 1.29 bits per heavy atom. The molecule has 0 aromatic heterocycles. The van der Waals surface area contributed by atoms with Gasteiger partial charge in [-0.2, -0.15) is 0 Å². The fourth-order valence-corrected chi connectivity index (χ4v) is 2.59. The van der Waals surface area contributed by atoms with Crippen molar-refractivity contribution in [3.8, 4) is 0 Å². The molecule has 126 valence electrons. The van der Waals surface area contributed by atoms with Gasteiger partial charge in [-0.1, -0.05) is 20.3 Å². The van der Waals surface area contributed by atoms with Gasteiger partial charge in [0.15, 0.2) is 5.96 Å². The molecule has 1 unspecified atom stereocenters. The molecule has 5 heteroatoms. The van der Waals surface area contributed by atoms with Crippen molar-refractivity contribution < 1.29 is 0 Å². The molecule has 1 aliphatic rings. The fraction of sp³-hybridized carbons (Fsp3) is 0.938. The van der Waals surface area contributed by atoms with Crippen molar-refractivity contribution in [2.45, 2.75) is 59.4 Å². The maximum absolute atomic E-state index is 4.59. The molecule has 1 rings (SSSR count). The summed E-state index contributed by atoms with van der Waals surface area (Å²) in [6.07, 6.45) is 5.33. The first-order valence-corrected chi connectivity index (χ1v) is 8.39. The summed E-state index contributed by atoms with van der Waals surface area (Å²) >= 11 is 0. The average Bonchev–Trinajstić information content (AvgIpc) is 2.42. The quantitative estimate of drug-likeness (QED) is 0.293. The topological polar surface area (TPSA) is 39.7 Å². The lowest BCUT2D eigenvalue weighted by Gasteiger charge is -2.33. The third kappa shape index (κ3) is 9.55. The lowest BCUT2D eigenvalue weighted by Crippen LogP contribution is -2.41. The summed E-state index contributed by atoms with van der Waals surface area (Å²) < 4.78 is 0. The van der Waals surface area contributed by atoms with E-state index in [1.807, 2.05) is 0 Å². The van der Waals surface area contributed by atoms with Crippen LogP contribution in [0, 0.1) is 5.92 Å². The van der Waals surface area contributed by atoms with E-state index in [0.717, 1.165) is 31.6 Å². The molecular weight excluding hydrogens is 375 g/mol. The van der Waals surface area contributed by atoms with Crippen LogP contribution in [0.4, 0.5) is 0 Å². The third-order valence-corrected chi connectivity index (χ3v) is 3.81. The Morgan fingerprint density at radius 2 is 2.05 bits per heavy atom. The van der Waals surface area contributed by atoms with Crippen LogP contribution < -0.4 is 10.6 Å². The summed E-state index contributed by atoms with van der Waals surface area (Å²) in [5, 5.41) is 6.75. The van der Waals surface area contributed by atoms with Crippen LogP contribution in [0.2, 0.25) is 0 Å². The molecule has 0 spiro atoms. The number of hydrogen-bond acceptors (Lipinski definition) is 2. The van der Waals surface area contributed by atoms with Gasteiger partial charge in [-0.25, -0.2) is 0 Å². The number of aliphatic imine (C=N–C) groups is 1. The number of nitrogens with zero attached hydrogens (tertiary/aromatic N) is 2. The highest BCUT2D eigenvalue weighted by Gasteiger charge is 2.16. The predicted octanol–water partition coefficient (Wildman–Crippen LogP) is 3.08. The van der Waals surface area contributed by atoms with Crippen molar-refractivity contribution in [3.05, 3.63) is 0 Å². The molecule has 0 aromatic rings. The average molecular weight is 410 g/mol. The van der Waals surface area contributed by atoms with Gasteiger partial charge < -0.3 is 15.5 Å². The van der Waals surface area contributed by atoms with Crippen molar-refractivity contribution in [2.24, 2.45) is 10.9 Å². The van der Waals surface area contributed by atoms with Crippen molar-refractivity contribution >= 4 is 29.9 Å². The zero-order valence-corrected chi connectivity index (χ0v) is 16.7. The zero-order chi connectivity index (χ0) is 14.8. The van der Waals surface area contributed by atoms with Crippen molar-refractivity contribution in [3.63, 3.8) is 0 Å². The highest BCUT2D eigenvalue weighted by atomic mass is 127. The van der Waals surface area contributed by atoms with Gasteiger partial charge >= 0.3 is 0 Å². The van der Waals surface area contributed by atoms with E-state index in [4.69, 9.17) is 0 Å². The van der Waals surface area contributed by atoms with Gasteiger partial charge in [0.2, 0.25) is 0 Å². The SMILES string of the molecule is CCNC(=NCC(C)C)NCCCN1CCCCC1C.I. The Morgan fingerprint density at radius 3 is 2.67 bits per heavy atom. The number of likely N-dealkylation sites (tertiary alicyclic amines) is 1. The van der Waals surface area contributed by atoms with E-state index in [1.165, 1.54) is 38.8 Å². The maximum atomic E-state index is 4.59. The van der Waals surface area contributed by atoms with Crippen LogP contribution in [0.3, 0.4) is 0 Å². The number of nitrogens with one attached hydrogen (secondary N) is 2. The second-order valence-electron chi connectivity index (χ2n) is 6.27. The Bertz CT molecular complexity index is 281. The van der Waals surface area contributed by atoms with Gasteiger partial charge in [0.25, 0.3) is 0 Å². The van der Waals surface area contributed by atoms with Crippen molar-refractivity contribution in [2.75, 3.05) is 32.7 Å². The van der Waals surface area contributed by atoms with Crippen LogP contribution in [-0.4, -0.2) is 49.6 Å². The Balaban J connectivity index is 0.00000400. The smallest absolute Gasteiger partial charge is 0.191 e. The molecule has 1 saturated heterocycles. The second-order valence-corrected chi connectivity index (χ2v) is 6.27. The third-order valence-electron chi connectivity index (χ3n) is 3.81. The molecule has 1 atom stereocenters. The van der Waals surface area contributed by atoms with E-state index in [9.17, 15) is 0 Å². The lowest BCUT2D eigenvalue weighted by molar-refractivity contribution is 0.159. The highest BCUT2D eigenvalue weighted by molar-refractivity contribution is 14.0. The molecule has 4 nitrogen and oxygen atoms in total. The number of guanidine groups is 1. The molecule has 1 aliphatic heterocycles. The molecule has 2 N–H and O–H groups in total. The van der Waals surface area contributed by atoms with Crippen LogP contribution in [0.5, 0.6) is 0 Å². The summed E-state index contributed by atoms with van der Waals surface area (Å²) in [6.45, 7) is 14.2. The van der Waals surface area contributed by atoms with E-state index in [-0.39, 0.29) is 24.0 Å². The van der Waals surface area contributed by atoms with Gasteiger partial charge in [-0.3, -0.25) is 4.99 Å². The minimum Gasteiger partial charge on any atom is -0.357 e. The summed E-state index contributed by atoms with van der Waals surface area (Å²) in [7, 11) is 0. The molecule has 0 aliphatic carbocycles. The normalized spacial score (nSPS) is 20.2. The van der Waals surface area contributed by atoms with E-state index in [2.05, 4.69) is 48.2 Å². The van der Waals surface area contributed by atoms with Crippen LogP contribution in [-0.2, 0) is 0 Å². The fourth-order valence-electron chi connectivity index (χ4n) is 2.59. The summed E-state index contributed by atoms with van der Waals surface area (Å²) in [5.74, 6) is 1.58. The Kier molecular flexibility index (Phi) is 12.5. The van der Waals surface area contributed by atoms with Crippen LogP contribution in [0.25, 0.3) is 0 Å². The van der Waals surface area contributed by atoms with Gasteiger partial charge in [0.05, 0.1) is 0 Å². The largest absolute Gasteiger partial charge is 0.357 e. The molecule has 1 fully saturated rings. The highest BCUT2D eigenvalue weighted by Crippen LogP contribution is 2.15. The zero-order valence-electron chi connectivity index (χ0n) is 14.3. The Labute approximate surface area is 148 Å². The van der Waals surface area contributed by atoms with Crippen LogP contribution in [0.1, 0.15) is 53.4 Å². The van der Waals surface area contributed by atoms with Gasteiger partial charge in [0.1, 0.15) is 0 Å². The van der Waals surface area contributed by atoms with E-state index < -0.39 is 0 Å². The maximum Gasteiger partial charge on any atom is 0.191 e. The van der Waals surface area contributed by atoms with Crippen LogP contribution in [0.15, 0.2) is 4.99 Å². The lowest BCUT2D eigenvalue weighted by atomic mass is 10.0. The molecule has 0 aromatic carbocycles. The van der Waals surface area contributed by atoms with Gasteiger partial charge in [0, 0.05) is 32.2 Å². The van der Waals surface area contributed by atoms with Crippen LogP contribution >= 0.6 is 24.0 Å². The molecule has 0 saturated carbocycles. The standard InChI is InChI=1S/C16H34N4.HI/c1-5-17-16(19-13-14(2)3)18-10-8-12-20-11-7-6-9-15(20)4;/h14-15H,5-13H2,1-4H3,(H2,17,18,19);1H. The van der Waals surface area contributed by atoms with Gasteiger partial charge in [-0.15, -0.1) is 24.0 Å².